The van der Waals surface area contributed by atoms with E-state index in [-0.39, 0.29) is 11.8 Å². The van der Waals surface area contributed by atoms with Crippen molar-refractivity contribution in [1.29, 1.82) is 0 Å². The molecule has 0 aliphatic heterocycles. The lowest BCUT2D eigenvalue weighted by atomic mass is 10.1. The molecule has 0 aliphatic rings. The second kappa shape index (κ2) is 9.93. The van der Waals surface area contributed by atoms with Gasteiger partial charge in [-0.1, -0.05) is 30.3 Å². The van der Waals surface area contributed by atoms with Crippen LogP contribution in [0.2, 0.25) is 0 Å². The normalized spacial score (nSPS) is 10.5. The van der Waals surface area contributed by atoms with Crippen molar-refractivity contribution in [3.05, 3.63) is 90.0 Å². The highest BCUT2D eigenvalue weighted by atomic mass is 16.5. The zero-order valence-corrected chi connectivity index (χ0v) is 16.7. The van der Waals surface area contributed by atoms with E-state index in [0.717, 1.165) is 5.56 Å². The number of methoxy groups -OCH3 is 2. The summed E-state index contributed by atoms with van der Waals surface area (Å²) in [5.41, 5.74) is 2.46. The Labute approximate surface area is 175 Å². The molecular formula is C24H22N2O4. The Morgan fingerprint density at radius 3 is 2.23 bits per heavy atom. The molecule has 6 heteroatoms. The van der Waals surface area contributed by atoms with E-state index in [9.17, 15) is 9.59 Å². The van der Waals surface area contributed by atoms with Crippen molar-refractivity contribution in [2.45, 2.75) is 0 Å². The predicted molar refractivity (Wildman–Crippen MR) is 118 cm³/mol. The van der Waals surface area contributed by atoms with Crippen LogP contribution in [0.5, 0.6) is 11.5 Å². The van der Waals surface area contributed by atoms with Gasteiger partial charge in [0.05, 0.1) is 14.2 Å². The van der Waals surface area contributed by atoms with E-state index in [1.165, 1.54) is 6.08 Å². The van der Waals surface area contributed by atoms with Crippen LogP contribution >= 0.6 is 0 Å². The van der Waals surface area contributed by atoms with Gasteiger partial charge in [-0.05, 0) is 54.1 Å². The van der Waals surface area contributed by atoms with Crippen LogP contribution < -0.4 is 20.1 Å². The van der Waals surface area contributed by atoms with Crippen molar-refractivity contribution < 1.29 is 19.1 Å². The van der Waals surface area contributed by atoms with Crippen LogP contribution in [0.25, 0.3) is 6.08 Å². The summed E-state index contributed by atoms with van der Waals surface area (Å²) in [6.07, 6.45) is 3.08. The first-order valence-electron chi connectivity index (χ1n) is 9.26. The van der Waals surface area contributed by atoms with E-state index >= 15 is 0 Å². The zero-order chi connectivity index (χ0) is 21.3. The molecule has 6 nitrogen and oxygen atoms in total. The van der Waals surface area contributed by atoms with E-state index < -0.39 is 0 Å². The minimum atomic E-state index is -0.314. The molecule has 0 aromatic heterocycles. The van der Waals surface area contributed by atoms with E-state index in [0.29, 0.717) is 28.4 Å². The molecule has 0 bridgehead atoms. The highest BCUT2D eigenvalue weighted by molar-refractivity contribution is 6.06. The quantitative estimate of drug-likeness (QED) is 0.566. The van der Waals surface area contributed by atoms with Crippen molar-refractivity contribution in [3.63, 3.8) is 0 Å². The van der Waals surface area contributed by atoms with E-state index in [1.807, 2.05) is 36.4 Å². The first kappa shape index (κ1) is 20.7. The van der Waals surface area contributed by atoms with Crippen LogP contribution in [-0.2, 0) is 4.79 Å². The summed E-state index contributed by atoms with van der Waals surface area (Å²) >= 11 is 0. The van der Waals surface area contributed by atoms with Gasteiger partial charge in [-0.3, -0.25) is 9.59 Å². The minimum Gasteiger partial charge on any atom is -0.493 e. The Bertz CT molecular complexity index is 1060. The topological polar surface area (TPSA) is 76.7 Å². The molecule has 0 radical (unpaired) electrons. The van der Waals surface area contributed by atoms with Gasteiger partial charge in [0.1, 0.15) is 0 Å². The van der Waals surface area contributed by atoms with Gasteiger partial charge in [-0.25, -0.2) is 0 Å². The Morgan fingerprint density at radius 1 is 0.767 bits per heavy atom. The molecule has 0 aliphatic carbocycles. The molecule has 3 aromatic carbocycles. The first-order valence-corrected chi connectivity index (χ1v) is 9.26. The average molecular weight is 402 g/mol. The summed E-state index contributed by atoms with van der Waals surface area (Å²) in [5, 5.41) is 5.58. The number of carbonyl (C=O) groups is 2. The van der Waals surface area contributed by atoms with Crippen LogP contribution in [-0.4, -0.2) is 26.0 Å². The molecule has 0 atom stereocenters. The number of ether oxygens (including phenoxy) is 2. The number of hydrogen-bond acceptors (Lipinski definition) is 4. The molecule has 3 aromatic rings. The maximum absolute atomic E-state index is 12.4. The van der Waals surface area contributed by atoms with E-state index in [4.69, 9.17) is 9.47 Å². The summed E-state index contributed by atoms with van der Waals surface area (Å²) < 4.78 is 10.5. The maximum Gasteiger partial charge on any atom is 0.255 e. The predicted octanol–water partition coefficient (Wildman–Crippen LogP) is 4.61. The number of para-hydroxylation sites is 1. The molecule has 30 heavy (non-hydrogen) atoms. The number of rotatable bonds is 7. The van der Waals surface area contributed by atoms with Crippen LogP contribution in [0, 0.1) is 0 Å². The second-order valence-corrected chi connectivity index (χ2v) is 6.34. The van der Waals surface area contributed by atoms with E-state index in [1.54, 1.807) is 56.7 Å². The third-order valence-electron chi connectivity index (χ3n) is 4.26. The van der Waals surface area contributed by atoms with E-state index in [2.05, 4.69) is 10.6 Å². The second-order valence-electron chi connectivity index (χ2n) is 6.34. The fourth-order valence-electron chi connectivity index (χ4n) is 2.78. The van der Waals surface area contributed by atoms with Gasteiger partial charge < -0.3 is 20.1 Å². The molecule has 0 spiro atoms. The standard InChI is InChI=1S/C24H22N2O4/c1-29-21-13-11-17(15-22(21)30-2)12-14-23(27)25-20-10-6-7-18(16-20)24(28)26-19-8-4-3-5-9-19/h3-16H,1-2H3,(H,25,27)(H,26,28)/b14-12+. The molecule has 152 valence electrons. The third-order valence-corrected chi connectivity index (χ3v) is 4.26. The molecular weight excluding hydrogens is 380 g/mol. The lowest BCUT2D eigenvalue weighted by molar-refractivity contribution is -0.111. The van der Waals surface area contributed by atoms with Crippen LogP contribution in [0.1, 0.15) is 15.9 Å². The van der Waals surface area contributed by atoms with Gasteiger partial charge >= 0.3 is 0 Å². The molecule has 0 unspecified atom stereocenters. The van der Waals surface area contributed by atoms with Crippen molar-refractivity contribution in [1.82, 2.24) is 0 Å². The van der Waals surface area contributed by atoms with Gasteiger partial charge in [0.2, 0.25) is 5.91 Å². The number of nitrogens with one attached hydrogen (secondary N) is 2. The highest BCUT2D eigenvalue weighted by Gasteiger charge is 2.08. The van der Waals surface area contributed by atoms with Gasteiger partial charge in [0, 0.05) is 23.0 Å². The van der Waals surface area contributed by atoms with Gasteiger partial charge in [-0.2, -0.15) is 0 Å². The number of hydrogen-bond donors (Lipinski definition) is 2. The summed E-state index contributed by atoms with van der Waals surface area (Å²) in [5.74, 6) is 0.630. The first-order chi connectivity index (χ1) is 14.6. The van der Waals surface area contributed by atoms with Crippen LogP contribution in [0.15, 0.2) is 78.9 Å². The maximum atomic E-state index is 12.4. The SMILES string of the molecule is COc1ccc(/C=C/C(=O)Nc2cccc(C(=O)Nc3ccccc3)c2)cc1OC. The number of amides is 2. The third kappa shape index (κ3) is 5.48. The van der Waals surface area contributed by atoms with Gasteiger partial charge in [0.15, 0.2) is 11.5 Å². The Balaban J connectivity index is 1.65. The molecule has 0 heterocycles. The Hall–Kier alpha value is -4.06. The fraction of sp³-hybridized carbons (Fsp3) is 0.0833. The van der Waals surface area contributed by atoms with Crippen molar-refractivity contribution in [2.75, 3.05) is 24.9 Å². The molecule has 2 amide bonds. The monoisotopic (exact) mass is 402 g/mol. The largest absolute Gasteiger partial charge is 0.493 e. The number of benzene rings is 3. The lowest BCUT2D eigenvalue weighted by Gasteiger charge is -2.08. The summed E-state index contributed by atoms with van der Waals surface area (Å²) in [7, 11) is 3.12. The number of anilines is 2. The Kier molecular flexibility index (Phi) is 6.84. The highest BCUT2D eigenvalue weighted by Crippen LogP contribution is 2.28. The Morgan fingerprint density at radius 2 is 1.50 bits per heavy atom. The minimum absolute atomic E-state index is 0.252. The zero-order valence-electron chi connectivity index (χ0n) is 16.7. The van der Waals surface area contributed by atoms with Crippen molar-refractivity contribution in [2.24, 2.45) is 0 Å². The summed E-state index contributed by atoms with van der Waals surface area (Å²) in [4.78, 5) is 24.7. The number of carbonyl (C=O) groups excluding carboxylic acids is 2. The smallest absolute Gasteiger partial charge is 0.255 e. The van der Waals surface area contributed by atoms with Gasteiger partial charge in [-0.15, -0.1) is 0 Å². The molecule has 2 N–H and O–H groups in total. The molecule has 0 saturated heterocycles. The van der Waals surface area contributed by atoms with Gasteiger partial charge in [0.25, 0.3) is 5.91 Å². The average Bonchev–Trinajstić information content (AvgIpc) is 2.78. The fourth-order valence-corrected chi connectivity index (χ4v) is 2.78. The molecule has 3 rings (SSSR count). The summed E-state index contributed by atoms with van der Waals surface area (Å²) in [6, 6.07) is 21.3. The lowest BCUT2D eigenvalue weighted by Crippen LogP contribution is -2.13. The van der Waals surface area contributed by atoms with Crippen molar-refractivity contribution >= 4 is 29.3 Å². The van der Waals surface area contributed by atoms with Crippen LogP contribution in [0.4, 0.5) is 11.4 Å². The van der Waals surface area contributed by atoms with Crippen LogP contribution in [0.3, 0.4) is 0 Å². The molecule has 0 fully saturated rings. The van der Waals surface area contributed by atoms with Crippen molar-refractivity contribution in [3.8, 4) is 11.5 Å². The molecule has 0 saturated carbocycles. The summed E-state index contributed by atoms with van der Waals surface area (Å²) in [6.45, 7) is 0.